The van der Waals surface area contributed by atoms with Crippen LogP contribution in [0.2, 0.25) is 5.04 Å². The van der Waals surface area contributed by atoms with Crippen molar-refractivity contribution >= 4 is 55.4 Å². The van der Waals surface area contributed by atoms with Crippen LogP contribution in [0.15, 0.2) is 109 Å². The summed E-state index contributed by atoms with van der Waals surface area (Å²) >= 11 is 1.43. The van der Waals surface area contributed by atoms with Crippen molar-refractivity contribution in [1.82, 2.24) is 9.71 Å². The molecule has 0 aliphatic heterocycles. The van der Waals surface area contributed by atoms with E-state index in [2.05, 4.69) is 97.4 Å². The van der Waals surface area contributed by atoms with Gasteiger partial charge in [0.2, 0.25) is 10.0 Å². The molecule has 230 valence electrons. The van der Waals surface area contributed by atoms with Gasteiger partial charge in [-0.2, -0.15) is 0 Å². The quantitative estimate of drug-likeness (QED) is 0.135. The van der Waals surface area contributed by atoms with Gasteiger partial charge in [0, 0.05) is 23.9 Å². The molecule has 5 aromatic rings. The highest BCUT2D eigenvalue weighted by molar-refractivity contribution is 7.92. The van der Waals surface area contributed by atoms with Crippen LogP contribution in [0, 0.1) is 11.8 Å². The first kappa shape index (κ1) is 32.2. The average molecular weight is 652 g/mol. The van der Waals surface area contributed by atoms with Crippen LogP contribution in [-0.4, -0.2) is 21.7 Å². The Morgan fingerprint density at radius 2 is 1.60 bits per heavy atom. The number of benzene rings is 4. The van der Waals surface area contributed by atoms with Crippen molar-refractivity contribution in [3.63, 3.8) is 0 Å². The van der Waals surface area contributed by atoms with Crippen molar-refractivity contribution < 1.29 is 12.8 Å². The van der Waals surface area contributed by atoms with Gasteiger partial charge in [0.05, 0.1) is 4.70 Å². The van der Waals surface area contributed by atoms with E-state index in [1.54, 1.807) is 0 Å². The summed E-state index contributed by atoms with van der Waals surface area (Å²) in [4.78, 5) is 4.68. The molecule has 0 unspecified atom stereocenters. The number of aromatic nitrogens is 1. The Balaban J connectivity index is 1.47. The van der Waals surface area contributed by atoms with E-state index in [0.29, 0.717) is 17.3 Å². The van der Waals surface area contributed by atoms with Crippen molar-refractivity contribution in [2.24, 2.45) is 0 Å². The number of hydrogen-bond donors (Lipinski definition) is 2. The number of nitrogens with one attached hydrogen (secondary N) is 1. The number of rotatable bonds is 10. The van der Waals surface area contributed by atoms with Crippen LogP contribution in [-0.2, 0) is 23.0 Å². The molecule has 0 radical (unpaired) electrons. The van der Waals surface area contributed by atoms with Crippen molar-refractivity contribution in [1.29, 1.82) is 0 Å². The topological polar surface area (TPSA) is 94.3 Å². The number of nitrogens with zero attached hydrogens (tertiary/aromatic N) is 1. The first-order valence-corrected chi connectivity index (χ1v) is 19.0. The molecular formula is C36H37N3O3S2Si. The maximum absolute atomic E-state index is 11.7. The van der Waals surface area contributed by atoms with Gasteiger partial charge in [-0.3, -0.25) is 0 Å². The fourth-order valence-electron chi connectivity index (χ4n) is 5.49. The highest BCUT2D eigenvalue weighted by Gasteiger charge is 2.52. The molecule has 0 aliphatic carbocycles. The van der Waals surface area contributed by atoms with E-state index in [0.717, 1.165) is 38.7 Å². The molecular weight excluding hydrogens is 615 g/mol. The summed E-state index contributed by atoms with van der Waals surface area (Å²) in [5.74, 6) is 7.36. The number of thiazole rings is 1. The number of nitrogen functional groups attached to an aromatic ring is 1. The lowest BCUT2D eigenvalue weighted by molar-refractivity contribution is 0.512. The molecule has 1 heterocycles. The third-order valence-electron chi connectivity index (χ3n) is 7.62. The van der Waals surface area contributed by atoms with E-state index in [4.69, 9.17) is 10.2 Å². The largest absolute Gasteiger partial charge is 0.532 e. The van der Waals surface area contributed by atoms with E-state index < -0.39 is 18.3 Å². The predicted molar refractivity (Wildman–Crippen MR) is 190 cm³/mol. The van der Waals surface area contributed by atoms with Crippen molar-refractivity contribution in [2.75, 3.05) is 5.73 Å². The first-order valence-electron chi connectivity index (χ1n) is 14.7. The molecule has 0 bridgehead atoms. The van der Waals surface area contributed by atoms with Gasteiger partial charge in [0.25, 0.3) is 0 Å². The third kappa shape index (κ3) is 7.38. The van der Waals surface area contributed by atoms with E-state index >= 15 is 0 Å². The second-order valence-corrected chi connectivity index (χ2v) is 18.8. The standard InChI is InChI=1S/C36H37N3O3S2Si/c1-5-44(40,41)38-26-29-18-14-17-27(23-29)15-12-13-16-28-24-32(34-33(25-28)43-35(37)39-34)42-45(36(2,3)4,30-19-8-6-9-20-30)31-21-10-7-11-22-31/h5-11,14,17-25,38H,1,12,15,26H2,2-4H3,(H2,37,39). The third-order valence-corrected chi connectivity index (χ3v) is 14.4. The van der Waals surface area contributed by atoms with E-state index in [9.17, 15) is 8.42 Å². The van der Waals surface area contributed by atoms with Gasteiger partial charge >= 0.3 is 8.32 Å². The van der Waals surface area contributed by atoms with Crippen LogP contribution in [0.5, 0.6) is 5.75 Å². The maximum Gasteiger partial charge on any atom is 0.320 e. The lowest BCUT2D eigenvalue weighted by atomic mass is 10.1. The average Bonchev–Trinajstić information content (AvgIpc) is 3.41. The van der Waals surface area contributed by atoms with Crippen LogP contribution >= 0.6 is 11.3 Å². The molecule has 0 atom stereocenters. The van der Waals surface area contributed by atoms with Gasteiger partial charge in [-0.05, 0) is 45.1 Å². The molecule has 0 amide bonds. The van der Waals surface area contributed by atoms with Gasteiger partial charge in [-0.25, -0.2) is 18.1 Å². The maximum atomic E-state index is 11.7. The molecule has 0 saturated heterocycles. The first-order chi connectivity index (χ1) is 21.5. The second-order valence-electron chi connectivity index (χ2n) is 11.8. The van der Waals surface area contributed by atoms with Gasteiger partial charge in [0.15, 0.2) is 5.13 Å². The van der Waals surface area contributed by atoms with E-state index in [-0.39, 0.29) is 11.6 Å². The number of fused-ring (bicyclic) bond motifs is 1. The fraction of sp³-hybridized carbons (Fsp3) is 0.194. The van der Waals surface area contributed by atoms with Gasteiger partial charge < -0.3 is 10.2 Å². The van der Waals surface area contributed by atoms with Crippen molar-refractivity contribution in [2.45, 2.75) is 45.2 Å². The summed E-state index contributed by atoms with van der Waals surface area (Å²) in [6.45, 7) is 10.3. The molecule has 0 aliphatic rings. The zero-order chi connectivity index (χ0) is 32.1. The van der Waals surface area contributed by atoms with Gasteiger partial charge in [-0.15, -0.1) is 0 Å². The smallest absolute Gasteiger partial charge is 0.320 e. The molecule has 0 fully saturated rings. The Hall–Kier alpha value is -4.20. The van der Waals surface area contributed by atoms with Crippen LogP contribution in [0.3, 0.4) is 0 Å². The Kier molecular flexibility index (Phi) is 9.61. The van der Waals surface area contributed by atoms with Crippen molar-refractivity contribution in [3.8, 4) is 17.6 Å². The molecule has 6 nitrogen and oxygen atoms in total. The minimum absolute atomic E-state index is 0.208. The number of nitrogens with two attached hydrogens (primary N) is 1. The number of aryl methyl sites for hydroxylation is 1. The van der Waals surface area contributed by atoms with E-state index in [1.165, 1.54) is 21.7 Å². The number of anilines is 1. The summed E-state index contributed by atoms with van der Waals surface area (Å²) in [6, 6.07) is 32.9. The summed E-state index contributed by atoms with van der Waals surface area (Å²) in [5, 5.41) is 3.53. The van der Waals surface area contributed by atoms with Crippen molar-refractivity contribution in [3.05, 3.63) is 126 Å². The lowest BCUT2D eigenvalue weighted by Crippen LogP contribution is -2.68. The number of sulfonamides is 1. The van der Waals surface area contributed by atoms with Crippen LogP contribution in [0.4, 0.5) is 5.13 Å². The fourth-order valence-corrected chi connectivity index (χ4v) is 11.2. The summed E-state index contributed by atoms with van der Waals surface area (Å²) in [7, 11) is -6.38. The molecule has 0 spiro atoms. The summed E-state index contributed by atoms with van der Waals surface area (Å²) in [6.07, 6.45) is 1.37. The molecule has 1 aromatic heterocycles. The molecule has 0 saturated carbocycles. The Labute approximate surface area is 271 Å². The minimum atomic E-state index is -3.48. The normalized spacial score (nSPS) is 12.0. The van der Waals surface area contributed by atoms with E-state index in [1.807, 2.05) is 48.5 Å². The van der Waals surface area contributed by atoms with Gasteiger partial charge in [-0.1, -0.05) is 135 Å². The zero-order valence-electron chi connectivity index (χ0n) is 25.7. The van der Waals surface area contributed by atoms with Crippen LogP contribution in [0.25, 0.3) is 10.2 Å². The minimum Gasteiger partial charge on any atom is -0.532 e. The molecule has 9 heteroatoms. The summed E-state index contributed by atoms with van der Waals surface area (Å²) in [5.41, 5.74) is 9.77. The Morgan fingerprint density at radius 3 is 2.22 bits per heavy atom. The predicted octanol–water partition coefficient (Wildman–Crippen LogP) is 6.36. The van der Waals surface area contributed by atoms with Crippen LogP contribution in [0.1, 0.15) is 43.9 Å². The monoisotopic (exact) mass is 651 g/mol. The molecule has 4 aromatic carbocycles. The SMILES string of the molecule is C=CS(=O)(=O)NCc1cccc(CCC#Cc2cc(O[Si](c3ccccc3)(c3ccccc3)C(C)(C)C)c3nc(N)sc3c2)c1. The van der Waals surface area contributed by atoms with Gasteiger partial charge in [0.1, 0.15) is 11.3 Å². The molecule has 5 rings (SSSR count). The Morgan fingerprint density at radius 1 is 0.956 bits per heavy atom. The molecule has 45 heavy (non-hydrogen) atoms. The van der Waals surface area contributed by atoms with Crippen LogP contribution < -0.4 is 25.3 Å². The summed E-state index contributed by atoms with van der Waals surface area (Å²) < 4.78 is 34.2. The lowest BCUT2D eigenvalue weighted by Gasteiger charge is -2.43. The highest BCUT2D eigenvalue weighted by Crippen LogP contribution is 2.40. The Bertz CT molecular complexity index is 1940. The highest BCUT2D eigenvalue weighted by atomic mass is 32.2. The second kappa shape index (κ2) is 13.4. The zero-order valence-corrected chi connectivity index (χ0v) is 28.3. The molecule has 3 N–H and O–H groups in total. The number of hydrogen-bond acceptors (Lipinski definition) is 6.